The average Bonchev–Trinajstić information content (AvgIpc) is 2.28. The fraction of sp³-hybridized carbons (Fsp3) is 0.500. The fourth-order valence-corrected chi connectivity index (χ4v) is 3.14. The molecule has 0 heterocycles. The van der Waals surface area contributed by atoms with Gasteiger partial charge in [0.2, 0.25) is 0 Å². The van der Waals surface area contributed by atoms with E-state index in [4.69, 9.17) is 9.05 Å². The van der Waals surface area contributed by atoms with E-state index >= 15 is 0 Å². The summed E-state index contributed by atoms with van der Waals surface area (Å²) in [6.45, 7) is 4.29. The van der Waals surface area contributed by atoms with Crippen molar-refractivity contribution in [2.45, 2.75) is 26.7 Å². The molecule has 0 aliphatic rings. The summed E-state index contributed by atoms with van der Waals surface area (Å²) < 4.78 is 23.0. The molecule has 0 spiro atoms. The molecule has 0 amide bonds. The second kappa shape index (κ2) is 6.72. The van der Waals surface area contributed by atoms with E-state index in [0.29, 0.717) is 18.5 Å². The summed E-state index contributed by atoms with van der Waals surface area (Å²) in [6.07, 6.45) is 2.31. The summed E-state index contributed by atoms with van der Waals surface area (Å²) in [5.74, 6) is 0.607. The maximum Gasteiger partial charge on any atom is 0.379 e. The lowest BCUT2D eigenvalue weighted by Gasteiger charge is -2.18. The van der Waals surface area contributed by atoms with Gasteiger partial charge < -0.3 is 9.05 Å². The van der Waals surface area contributed by atoms with Crippen molar-refractivity contribution in [2.75, 3.05) is 12.8 Å². The number of benzene rings is 1. The smallest absolute Gasteiger partial charge is 0.379 e. The van der Waals surface area contributed by atoms with Crippen LogP contribution in [0.5, 0.6) is 5.75 Å². The second-order valence-corrected chi connectivity index (χ2v) is 5.62. The predicted molar refractivity (Wildman–Crippen MR) is 66.1 cm³/mol. The maximum atomic E-state index is 12.3. The molecule has 1 atom stereocenters. The van der Waals surface area contributed by atoms with Gasteiger partial charge in [0.05, 0.1) is 12.8 Å². The van der Waals surface area contributed by atoms with Crippen LogP contribution in [0.2, 0.25) is 0 Å². The molecular formula is C12H19O3P. The summed E-state index contributed by atoms with van der Waals surface area (Å²) in [5, 5.41) is 0. The van der Waals surface area contributed by atoms with Gasteiger partial charge in [0.1, 0.15) is 5.75 Å². The maximum absolute atomic E-state index is 12.3. The van der Waals surface area contributed by atoms with Crippen molar-refractivity contribution in [2.24, 2.45) is 0 Å². The second-order valence-electron chi connectivity index (χ2n) is 3.51. The molecule has 16 heavy (non-hydrogen) atoms. The minimum atomic E-state index is -2.96. The van der Waals surface area contributed by atoms with Gasteiger partial charge in [-0.3, -0.25) is 0 Å². The van der Waals surface area contributed by atoms with Gasteiger partial charge in [0, 0.05) is 0 Å². The Kier molecular flexibility index (Phi) is 5.58. The number of para-hydroxylation sites is 1. The van der Waals surface area contributed by atoms with Gasteiger partial charge in [0.15, 0.2) is 0 Å². The van der Waals surface area contributed by atoms with E-state index in [9.17, 15) is 4.57 Å². The lowest BCUT2D eigenvalue weighted by Crippen LogP contribution is -2.02. The molecule has 1 aromatic rings. The number of unbranched alkanes of at least 4 members (excludes halogenated alkanes) is 1. The minimum absolute atomic E-state index is 0.411. The number of hydrogen-bond donors (Lipinski definition) is 0. The Bertz CT molecular complexity index is 337. The highest BCUT2D eigenvalue weighted by atomic mass is 31.2. The Balaban J connectivity index is 2.67. The summed E-state index contributed by atoms with van der Waals surface area (Å²) >= 11 is 0. The molecule has 0 saturated carbocycles. The lowest BCUT2D eigenvalue weighted by molar-refractivity contribution is 0.278. The van der Waals surface area contributed by atoms with E-state index in [1.165, 1.54) is 0 Å². The Labute approximate surface area is 97.3 Å². The summed E-state index contributed by atoms with van der Waals surface area (Å²) in [6, 6.07) is 9.18. The van der Waals surface area contributed by atoms with Gasteiger partial charge in [-0.1, -0.05) is 31.5 Å². The van der Waals surface area contributed by atoms with Crippen LogP contribution in [0.4, 0.5) is 0 Å². The Hall–Kier alpha value is -0.790. The topological polar surface area (TPSA) is 35.5 Å². The molecule has 4 heteroatoms. The first kappa shape index (κ1) is 13.3. The van der Waals surface area contributed by atoms with Crippen molar-refractivity contribution in [3.63, 3.8) is 0 Å². The van der Waals surface area contributed by atoms with Gasteiger partial charge in [-0.2, -0.15) is 0 Å². The van der Waals surface area contributed by atoms with Crippen LogP contribution >= 0.6 is 7.60 Å². The molecule has 90 valence electrons. The highest BCUT2D eigenvalue weighted by Crippen LogP contribution is 2.48. The third-order valence-electron chi connectivity index (χ3n) is 2.10. The van der Waals surface area contributed by atoms with Crippen molar-refractivity contribution >= 4 is 7.60 Å². The standard InChI is InChI=1S/C12H19O3P/c1-3-5-11-16(13,14-4-2)15-12-9-7-6-8-10-12/h6-10H,3-5,11H2,1-2H3. The van der Waals surface area contributed by atoms with Crippen LogP contribution in [-0.2, 0) is 9.09 Å². The monoisotopic (exact) mass is 242 g/mol. The van der Waals surface area contributed by atoms with Gasteiger partial charge in [-0.05, 0) is 25.5 Å². The van der Waals surface area contributed by atoms with E-state index in [2.05, 4.69) is 6.92 Å². The zero-order valence-electron chi connectivity index (χ0n) is 9.89. The molecular weight excluding hydrogens is 223 g/mol. The Morgan fingerprint density at radius 3 is 2.44 bits per heavy atom. The first-order valence-corrected chi connectivity index (χ1v) is 7.41. The van der Waals surface area contributed by atoms with Crippen LogP contribution in [0.3, 0.4) is 0 Å². The normalized spacial score (nSPS) is 14.4. The predicted octanol–water partition coefficient (Wildman–Crippen LogP) is 4.10. The highest BCUT2D eigenvalue weighted by molar-refractivity contribution is 7.54. The van der Waals surface area contributed by atoms with E-state index < -0.39 is 7.60 Å². The molecule has 0 radical (unpaired) electrons. The molecule has 1 unspecified atom stereocenters. The summed E-state index contributed by atoms with van der Waals surface area (Å²) in [7, 11) is -2.96. The first-order chi connectivity index (χ1) is 7.70. The lowest BCUT2D eigenvalue weighted by atomic mass is 10.3. The summed E-state index contributed by atoms with van der Waals surface area (Å²) in [4.78, 5) is 0. The van der Waals surface area contributed by atoms with Crippen molar-refractivity contribution in [3.05, 3.63) is 30.3 Å². The average molecular weight is 242 g/mol. The molecule has 0 aliphatic carbocycles. The van der Waals surface area contributed by atoms with Crippen LogP contribution in [0.15, 0.2) is 30.3 Å². The highest BCUT2D eigenvalue weighted by Gasteiger charge is 2.24. The number of rotatable bonds is 7. The van der Waals surface area contributed by atoms with Crippen LogP contribution in [-0.4, -0.2) is 12.8 Å². The molecule has 0 aromatic heterocycles. The molecule has 0 bridgehead atoms. The largest absolute Gasteiger partial charge is 0.424 e. The van der Waals surface area contributed by atoms with E-state index in [1.807, 2.05) is 25.1 Å². The molecule has 3 nitrogen and oxygen atoms in total. The molecule has 1 rings (SSSR count). The molecule has 0 saturated heterocycles. The van der Waals surface area contributed by atoms with Crippen LogP contribution in [0.25, 0.3) is 0 Å². The minimum Gasteiger partial charge on any atom is -0.424 e. The SMILES string of the molecule is CCCCP(=O)(OCC)Oc1ccccc1. The van der Waals surface area contributed by atoms with Crippen molar-refractivity contribution in [1.82, 2.24) is 0 Å². The van der Waals surface area contributed by atoms with E-state index in [0.717, 1.165) is 12.8 Å². The van der Waals surface area contributed by atoms with Crippen LogP contribution in [0, 0.1) is 0 Å². The van der Waals surface area contributed by atoms with Crippen LogP contribution in [0.1, 0.15) is 26.7 Å². The molecule has 0 fully saturated rings. The van der Waals surface area contributed by atoms with Crippen LogP contribution < -0.4 is 4.52 Å². The third-order valence-corrected chi connectivity index (χ3v) is 4.10. The molecule has 1 aromatic carbocycles. The fourth-order valence-electron chi connectivity index (χ4n) is 1.33. The van der Waals surface area contributed by atoms with Gasteiger partial charge >= 0.3 is 7.60 Å². The zero-order chi connectivity index (χ0) is 11.9. The first-order valence-electron chi connectivity index (χ1n) is 5.68. The van der Waals surface area contributed by atoms with E-state index in [1.54, 1.807) is 12.1 Å². The quantitative estimate of drug-likeness (QED) is 0.675. The van der Waals surface area contributed by atoms with E-state index in [-0.39, 0.29) is 0 Å². The van der Waals surface area contributed by atoms with Crippen molar-refractivity contribution < 1.29 is 13.6 Å². The number of hydrogen-bond acceptors (Lipinski definition) is 3. The van der Waals surface area contributed by atoms with Gasteiger partial charge in [-0.15, -0.1) is 0 Å². The zero-order valence-corrected chi connectivity index (χ0v) is 10.8. The van der Waals surface area contributed by atoms with Gasteiger partial charge in [-0.25, -0.2) is 4.57 Å². The van der Waals surface area contributed by atoms with Crippen molar-refractivity contribution in [3.8, 4) is 5.75 Å². The third kappa shape index (κ3) is 4.38. The Morgan fingerprint density at radius 2 is 1.88 bits per heavy atom. The van der Waals surface area contributed by atoms with Crippen molar-refractivity contribution in [1.29, 1.82) is 0 Å². The molecule has 0 aliphatic heterocycles. The Morgan fingerprint density at radius 1 is 1.19 bits per heavy atom. The molecule has 0 N–H and O–H groups in total. The van der Waals surface area contributed by atoms with Gasteiger partial charge in [0.25, 0.3) is 0 Å². The summed E-state index contributed by atoms with van der Waals surface area (Å²) in [5.41, 5.74) is 0.